The molecule has 0 spiro atoms. The van der Waals surface area contributed by atoms with Crippen LogP contribution in [0.2, 0.25) is 0 Å². The van der Waals surface area contributed by atoms with Crippen LogP contribution in [0.4, 0.5) is 0 Å². The van der Waals surface area contributed by atoms with E-state index in [0.717, 1.165) is 0 Å². The van der Waals surface area contributed by atoms with Crippen molar-refractivity contribution in [2.24, 2.45) is 0 Å². The lowest BCUT2D eigenvalue weighted by Crippen LogP contribution is -2.18. The molecule has 8 heteroatoms. The van der Waals surface area contributed by atoms with Gasteiger partial charge in [0.1, 0.15) is 6.10 Å². The first kappa shape index (κ1) is 15.5. The van der Waals surface area contributed by atoms with Crippen LogP contribution >= 0.6 is 7.82 Å². The highest BCUT2D eigenvalue weighted by molar-refractivity contribution is 7.47. The molecule has 0 heterocycles. The maximum Gasteiger partial charge on any atom is 0.472 e. The van der Waals surface area contributed by atoms with Gasteiger partial charge in [0.05, 0.1) is 19.8 Å². The van der Waals surface area contributed by atoms with Gasteiger partial charge in [0.2, 0.25) is 0 Å². The van der Waals surface area contributed by atoms with Crippen LogP contribution in [0.1, 0.15) is 6.92 Å². The fourth-order valence-electron chi connectivity index (χ4n) is 0.433. The molecule has 0 aromatic rings. The van der Waals surface area contributed by atoms with Gasteiger partial charge < -0.3 is 21.3 Å². The molecule has 0 saturated heterocycles. The number of aliphatic hydroxyl groups is 2. The minimum absolute atomic E-state index is 0. The first-order chi connectivity index (χ1) is 5.52. The van der Waals surface area contributed by atoms with Gasteiger partial charge in [-0.25, -0.2) is 4.57 Å². The highest BCUT2D eigenvalue weighted by Gasteiger charge is 2.21. The number of phosphoric ester groups is 1. The Morgan fingerprint density at radius 1 is 1.46 bits per heavy atom. The standard InChI is InChI=1S/C5H13O6P.H3N/c1-2-10-12(8,9)11-4-5(7)3-6;/h5-7H,2-4H2,1H3,(H,8,9);1H3. The molecule has 0 aromatic carbocycles. The van der Waals surface area contributed by atoms with Crippen molar-refractivity contribution in [2.45, 2.75) is 13.0 Å². The van der Waals surface area contributed by atoms with Crippen LogP contribution in [-0.4, -0.2) is 41.0 Å². The molecule has 0 saturated carbocycles. The summed E-state index contributed by atoms with van der Waals surface area (Å²) >= 11 is 0. The van der Waals surface area contributed by atoms with E-state index in [9.17, 15) is 4.57 Å². The molecule has 2 atom stereocenters. The topological polar surface area (TPSA) is 131 Å². The Morgan fingerprint density at radius 2 is 2.00 bits per heavy atom. The van der Waals surface area contributed by atoms with Crippen molar-refractivity contribution < 1.29 is 28.7 Å². The van der Waals surface area contributed by atoms with Crippen LogP contribution in [0.3, 0.4) is 0 Å². The number of hydrogen-bond acceptors (Lipinski definition) is 6. The second kappa shape index (κ2) is 7.40. The normalized spacial score (nSPS) is 17.2. The van der Waals surface area contributed by atoms with Gasteiger partial charge in [-0.2, -0.15) is 0 Å². The molecule has 0 aliphatic rings. The van der Waals surface area contributed by atoms with Crippen LogP contribution < -0.4 is 6.15 Å². The molecule has 13 heavy (non-hydrogen) atoms. The summed E-state index contributed by atoms with van der Waals surface area (Å²) in [5.74, 6) is 0. The lowest BCUT2D eigenvalue weighted by Gasteiger charge is -2.12. The van der Waals surface area contributed by atoms with Crippen LogP contribution in [0.25, 0.3) is 0 Å². The maximum absolute atomic E-state index is 10.8. The Labute approximate surface area is 76.5 Å². The molecule has 0 aliphatic heterocycles. The van der Waals surface area contributed by atoms with Gasteiger partial charge in [-0.15, -0.1) is 0 Å². The van der Waals surface area contributed by atoms with Crippen molar-refractivity contribution in [1.29, 1.82) is 0 Å². The van der Waals surface area contributed by atoms with Crippen molar-refractivity contribution in [3.8, 4) is 0 Å². The molecule has 0 aliphatic carbocycles. The van der Waals surface area contributed by atoms with Crippen molar-refractivity contribution >= 4 is 7.82 Å². The third kappa shape index (κ3) is 8.32. The molecular weight excluding hydrogens is 201 g/mol. The second-order valence-electron chi connectivity index (χ2n) is 2.02. The van der Waals surface area contributed by atoms with E-state index in [1.54, 1.807) is 0 Å². The SMILES string of the molecule is CCOP(=O)(O)OCC(O)CO.N. The minimum atomic E-state index is -4.03. The Hall–Kier alpha value is -0.0100. The molecular formula is C5H16NO6P. The largest absolute Gasteiger partial charge is 0.472 e. The van der Waals surface area contributed by atoms with E-state index >= 15 is 0 Å². The zero-order valence-corrected chi connectivity index (χ0v) is 8.31. The van der Waals surface area contributed by atoms with Crippen molar-refractivity contribution in [1.82, 2.24) is 6.15 Å². The summed E-state index contributed by atoms with van der Waals surface area (Å²) in [7, 11) is -4.03. The summed E-state index contributed by atoms with van der Waals surface area (Å²) in [6.07, 6.45) is -1.16. The lowest BCUT2D eigenvalue weighted by molar-refractivity contribution is 0.0370. The molecule has 6 N–H and O–H groups in total. The van der Waals surface area contributed by atoms with Crippen LogP contribution in [-0.2, 0) is 13.6 Å². The monoisotopic (exact) mass is 217 g/mol. The Balaban J connectivity index is 0. The summed E-state index contributed by atoms with van der Waals surface area (Å²) in [6, 6.07) is 0. The number of phosphoric acid groups is 1. The molecule has 2 unspecified atom stereocenters. The van der Waals surface area contributed by atoms with Crippen molar-refractivity contribution in [2.75, 3.05) is 19.8 Å². The van der Waals surface area contributed by atoms with Gasteiger partial charge in [-0.05, 0) is 6.92 Å². The zero-order valence-electron chi connectivity index (χ0n) is 7.42. The Bertz CT molecular complexity index is 165. The predicted molar refractivity (Wildman–Crippen MR) is 45.5 cm³/mol. The van der Waals surface area contributed by atoms with Gasteiger partial charge in [0.15, 0.2) is 0 Å². The van der Waals surface area contributed by atoms with E-state index in [1.165, 1.54) is 6.92 Å². The summed E-state index contributed by atoms with van der Waals surface area (Å²) in [6.45, 7) is 0.633. The molecule has 0 fully saturated rings. The van der Waals surface area contributed by atoms with Crippen LogP contribution in [0.15, 0.2) is 0 Å². The molecule has 0 amide bonds. The van der Waals surface area contributed by atoms with Gasteiger partial charge in [-0.3, -0.25) is 9.05 Å². The predicted octanol–water partition coefficient (Wildman–Crippen LogP) is -0.345. The molecule has 7 nitrogen and oxygen atoms in total. The maximum atomic E-state index is 10.8. The first-order valence-electron chi connectivity index (χ1n) is 3.42. The van der Waals surface area contributed by atoms with Crippen LogP contribution in [0.5, 0.6) is 0 Å². The third-order valence-corrected chi connectivity index (χ3v) is 1.99. The van der Waals surface area contributed by atoms with Gasteiger partial charge in [0, 0.05) is 0 Å². The average molecular weight is 217 g/mol. The number of rotatable bonds is 6. The minimum Gasteiger partial charge on any atom is -0.394 e. The summed E-state index contributed by atoms with van der Waals surface area (Å²) in [5, 5.41) is 17.0. The van der Waals surface area contributed by atoms with E-state index in [-0.39, 0.29) is 12.8 Å². The summed E-state index contributed by atoms with van der Waals surface area (Å²) in [5.41, 5.74) is 0. The van der Waals surface area contributed by atoms with E-state index in [4.69, 9.17) is 15.1 Å². The third-order valence-electron chi connectivity index (χ3n) is 0.933. The highest BCUT2D eigenvalue weighted by Crippen LogP contribution is 2.42. The lowest BCUT2D eigenvalue weighted by atomic mass is 10.4. The molecule has 0 bridgehead atoms. The van der Waals surface area contributed by atoms with Crippen LogP contribution in [0, 0.1) is 0 Å². The van der Waals surface area contributed by atoms with Crippen molar-refractivity contribution in [3.63, 3.8) is 0 Å². The second-order valence-corrected chi connectivity index (χ2v) is 3.47. The fourth-order valence-corrected chi connectivity index (χ4v) is 1.19. The fraction of sp³-hybridized carbons (Fsp3) is 1.00. The number of hydrogen-bond donors (Lipinski definition) is 4. The highest BCUT2D eigenvalue weighted by atomic mass is 31.2. The smallest absolute Gasteiger partial charge is 0.394 e. The summed E-state index contributed by atoms with van der Waals surface area (Å²) in [4.78, 5) is 8.78. The van der Waals surface area contributed by atoms with E-state index in [1.807, 2.05) is 0 Å². The van der Waals surface area contributed by atoms with E-state index in [2.05, 4.69) is 9.05 Å². The Kier molecular flexibility index (Phi) is 8.80. The molecule has 0 radical (unpaired) electrons. The zero-order chi connectivity index (χ0) is 9.61. The van der Waals surface area contributed by atoms with Gasteiger partial charge in [-0.1, -0.05) is 0 Å². The summed E-state index contributed by atoms with van der Waals surface area (Å²) < 4.78 is 19.4. The molecule has 0 rings (SSSR count). The van der Waals surface area contributed by atoms with Gasteiger partial charge in [0.25, 0.3) is 0 Å². The first-order valence-corrected chi connectivity index (χ1v) is 4.92. The Morgan fingerprint density at radius 3 is 2.38 bits per heavy atom. The molecule has 0 aromatic heterocycles. The quantitative estimate of drug-likeness (QED) is 0.447. The van der Waals surface area contributed by atoms with Gasteiger partial charge >= 0.3 is 7.82 Å². The molecule has 82 valence electrons. The van der Waals surface area contributed by atoms with Crippen molar-refractivity contribution in [3.05, 3.63) is 0 Å². The van der Waals surface area contributed by atoms with E-state index < -0.39 is 27.1 Å². The van der Waals surface area contributed by atoms with E-state index in [0.29, 0.717) is 0 Å². The number of aliphatic hydroxyl groups excluding tert-OH is 2. The average Bonchev–Trinajstić information content (AvgIpc) is 2.00.